The molecular formula is C17H20N2O5S. The molecule has 3 rings (SSSR count). The molecular weight excluding hydrogens is 344 g/mol. The summed E-state index contributed by atoms with van der Waals surface area (Å²) >= 11 is 1.18. The molecule has 2 heterocycles. The molecule has 0 saturated carbocycles. The van der Waals surface area contributed by atoms with E-state index in [0.29, 0.717) is 12.2 Å². The second-order valence-electron chi connectivity index (χ2n) is 6.02. The van der Waals surface area contributed by atoms with Gasteiger partial charge in [-0.25, -0.2) is 4.79 Å². The van der Waals surface area contributed by atoms with Gasteiger partial charge < -0.3 is 20.3 Å². The summed E-state index contributed by atoms with van der Waals surface area (Å²) in [6.45, 7) is 2.06. The van der Waals surface area contributed by atoms with Crippen LogP contribution in [0.15, 0.2) is 35.7 Å². The Bertz CT molecular complexity index is 678. The zero-order valence-electron chi connectivity index (χ0n) is 13.7. The molecule has 134 valence electrons. The number of benzene rings is 1. The summed E-state index contributed by atoms with van der Waals surface area (Å²) in [6, 6.07) is 7.22. The maximum atomic E-state index is 12.0. The maximum absolute atomic E-state index is 12.0. The molecule has 0 aliphatic carbocycles. The van der Waals surface area contributed by atoms with Gasteiger partial charge in [0.2, 0.25) is 5.91 Å². The van der Waals surface area contributed by atoms with Crippen LogP contribution in [0.3, 0.4) is 0 Å². The van der Waals surface area contributed by atoms with Gasteiger partial charge in [-0.2, -0.15) is 0 Å². The van der Waals surface area contributed by atoms with Crippen molar-refractivity contribution in [3.05, 3.63) is 41.3 Å². The maximum Gasteiger partial charge on any atom is 0.414 e. The molecule has 8 heteroatoms. The lowest BCUT2D eigenvalue weighted by molar-refractivity contribution is -0.119. The van der Waals surface area contributed by atoms with E-state index in [1.54, 1.807) is 17.5 Å². The Morgan fingerprint density at radius 2 is 2.08 bits per heavy atom. The molecule has 3 N–H and O–H groups in total. The Morgan fingerprint density at radius 3 is 2.76 bits per heavy atom. The second-order valence-corrected chi connectivity index (χ2v) is 7.04. The van der Waals surface area contributed by atoms with Crippen LogP contribution in [0.25, 0.3) is 0 Å². The number of amides is 2. The Labute approximate surface area is 149 Å². The molecule has 1 fully saturated rings. The van der Waals surface area contributed by atoms with E-state index >= 15 is 0 Å². The number of anilines is 1. The summed E-state index contributed by atoms with van der Waals surface area (Å²) in [6.07, 6.45) is 0.142. The average molecular weight is 364 g/mol. The van der Waals surface area contributed by atoms with E-state index < -0.39 is 17.6 Å². The number of cyclic esters (lactones) is 1. The average Bonchev–Trinajstić information content (AvgIpc) is 2.97. The quantitative estimate of drug-likeness (QED) is 0.742. The number of nitrogens with one attached hydrogen (secondary N) is 1. The van der Waals surface area contributed by atoms with Gasteiger partial charge >= 0.3 is 6.09 Å². The molecule has 25 heavy (non-hydrogen) atoms. The van der Waals surface area contributed by atoms with Crippen LogP contribution in [0.1, 0.15) is 18.4 Å². The standard InChI is InChI=1S/C17H20N2O5S/c1-10(20)18-8-13-9-19(17(23)24-13)12-4-2-11(3-5-12)14-6-7-25-16(22)15(14)21/h2-7,13-16,21-22H,8-9H2,1H3,(H,18,20)/t13-,14?,15?,16?/m0/s1. The van der Waals surface area contributed by atoms with Crippen molar-refractivity contribution >= 4 is 29.4 Å². The molecule has 0 aromatic heterocycles. The number of nitrogens with zero attached hydrogens (tertiary/aromatic N) is 1. The summed E-state index contributed by atoms with van der Waals surface area (Å²) in [4.78, 5) is 24.5. The number of carbonyl (C=O) groups excluding carboxylic acids is 2. The van der Waals surface area contributed by atoms with E-state index in [9.17, 15) is 19.8 Å². The lowest BCUT2D eigenvalue weighted by Crippen LogP contribution is -2.33. The van der Waals surface area contributed by atoms with E-state index in [4.69, 9.17) is 4.74 Å². The molecule has 1 aromatic carbocycles. The molecule has 2 amide bonds. The van der Waals surface area contributed by atoms with Crippen LogP contribution in [-0.2, 0) is 9.53 Å². The van der Waals surface area contributed by atoms with E-state index in [0.717, 1.165) is 5.56 Å². The third-order valence-electron chi connectivity index (χ3n) is 4.21. The zero-order chi connectivity index (χ0) is 18.0. The normalized spacial score (nSPS) is 28.8. The number of hydrogen-bond acceptors (Lipinski definition) is 6. The van der Waals surface area contributed by atoms with E-state index in [1.165, 1.54) is 23.6 Å². The van der Waals surface area contributed by atoms with Gasteiger partial charge in [0, 0.05) is 18.5 Å². The molecule has 7 nitrogen and oxygen atoms in total. The lowest BCUT2D eigenvalue weighted by Gasteiger charge is -2.27. The van der Waals surface area contributed by atoms with Crippen molar-refractivity contribution in [1.29, 1.82) is 0 Å². The Morgan fingerprint density at radius 1 is 1.36 bits per heavy atom. The number of ether oxygens (including phenoxy) is 1. The van der Waals surface area contributed by atoms with Gasteiger partial charge in [-0.05, 0) is 23.1 Å². The van der Waals surface area contributed by atoms with Gasteiger partial charge in [0.05, 0.1) is 19.2 Å². The van der Waals surface area contributed by atoms with Crippen LogP contribution in [0, 0.1) is 0 Å². The van der Waals surface area contributed by atoms with E-state index in [1.807, 2.05) is 18.2 Å². The molecule has 0 radical (unpaired) electrons. The molecule has 2 aliphatic heterocycles. The third kappa shape index (κ3) is 3.97. The van der Waals surface area contributed by atoms with Crippen molar-refractivity contribution in [1.82, 2.24) is 5.32 Å². The predicted molar refractivity (Wildman–Crippen MR) is 94.2 cm³/mol. The summed E-state index contributed by atoms with van der Waals surface area (Å²) < 4.78 is 5.24. The molecule has 3 unspecified atom stereocenters. The van der Waals surface area contributed by atoms with Crippen LogP contribution in [0.2, 0.25) is 0 Å². The Kier molecular flexibility index (Phi) is 5.31. The Hall–Kier alpha value is -2.03. The third-order valence-corrected chi connectivity index (χ3v) is 5.08. The fourth-order valence-electron chi connectivity index (χ4n) is 2.86. The van der Waals surface area contributed by atoms with Crippen molar-refractivity contribution in [3.63, 3.8) is 0 Å². The molecule has 0 bridgehead atoms. The number of hydrogen-bond donors (Lipinski definition) is 3. The minimum Gasteiger partial charge on any atom is -0.442 e. The van der Waals surface area contributed by atoms with Crippen LogP contribution in [-0.4, -0.2) is 52.9 Å². The fourth-order valence-corrected chi connectivity index (χ4v) is 3.61. The number of thioether (sulfide) groups is 1. The van der Waals surface area contributed by atoms with Crippen molar-refractivity contribution in [2.24, 2.45) is 0 Å². The summed E-state index contributed by atoms with van der Waals surface area (Å²) in [5.74, 6) is -0.457. The SMILES string of the molecule is CC(=O)NC[C@H]1CN(c2ccc(C3C=CSC(O)C3O)cc2)C(=O)O1. The minimum absolute atomic E-state index is 0.168. The number of carbonyl (C=O) groups is 2. The highest BCUT2D eigenvalue weighted by Crippen LogP contribution is 2.34. The van der Waals surface area contributed by atoms with Gasteiger partial charge in [0.15, 0.2) is 0 Å². The summed E-state index contributed by atoms with van der Waals surface area (Å²) in [7, 11) is 0. The van der Waals surface area contributed by atoms with Gasteiger partial charge in [-0.1, -0.05) is 18.2 Å². The van der Waals surface area contributed by atoms with E-state index in [-0.39, 0.29) is 24.5 Å². The Balaban J connectivity index is 1.68. The van der Waals surface area contributed by atoms with Crippen LogP contribution in [0.5, 0.6) is 0 Å². The highest BCUT2D eigenvalue weighted by molar-refractivity contribution is 8.02. The van der Waals surface area contributed by atoms with Crippen molar-refractivity contribution in [2.45, 2.75) is 30.5 Å². The molecule has 1 aromatic rings. The minimum atomic E-state index is -0.875. The lowest BCUT2D eigenvalue weighted by atomic mass is 9.93. The predicted octanol–water partition coefficient (Wildman–Crippen LogP) is 1.17. The molecule has 0 spiro atoms. The topological polar surface area (TPSA) is 99.1 Å². The van der Waals surface area contributed by atoms with Crippen LogP contribution >= 0.6 is 11.8 Å². The van der Waals surface area contributed by atoms with Crippen molar-refractivity contribution < 1.29 is 24.5 Å². The first kappa shape index (κ1) is 17.8. The van der Waals surface area contributed by atoms with Gasteiger partial charge in [0.1, 0.15) is 11.5 Å². The van der Waals surface area contributed by atoms with E-state index in [2.05, 4.69) is 5.32 Å². The first-order valence-electron chi connectivity index (χ1n) is 7.96. The highest BCUT2D eigenvalue weighted by Gasteiger charge is 2.33. The van der Waals surface area contributed by atoms with Gasteiger partial charge in [0.25, 0.3) is 0 Å². The first-order chi connectivity index (χ1) is 12.0. The second kappa shape index (κ2) is 7.47. The number of aliphatic hydroxyl groups excluding tert-OH is 2. The van der Waals surface area contributed by atoms with Crippen molar-refractivity contribution in [3.8, 4) is 0 Å². The largest absolute Gasteiger partial charge is 0.442 e. The van der Waals surface area contributed by atoms with Gasteiger partial charge in [-0.3, -0.25) is 9.69 Å². The number of aliphatic hydroxyl groups is 2. The first-order valence-corrected chi connectivity index (χ1v) is 8.91. The van der Waals surface area contributed by atoms with Crippen LogP contribution in [0.4, 0.5) is 10.5 Å². The fraction of sp³-hybridized carbons (Fsp3) is 0.412. The summed E-state index contributed by atoms with van der Waals surface area (Å²) in [5.41, 5.74) is 0.690. The number of rotatable bonds is 4. The van der Waals surface area contributed by atoms with Crippen LogP contribution < -0.4 is 10.2 Å². The summed E-state index contributed by atoms with van der Waals surface area (Å²) in [5, 5.41) is 24.3. The molecule has 2 aliphatic rings. The zero-order valence-corrected chi connectivity index (χ0v) is 14.5. The molecule has 1 saturated heterocycles. The van der Waals surface area contributed by atoms with Gasteiger partial charge in [-0.15, -0.1) is 11.8 Å². The monoisotopic (exact) mass is 364 g/mol. The van der Waals surface area contributed by atoms with Crippen molar-refractivity contribution in [2.75, 3.05) is 18.0 Å². The highest BCUT2D eigenvalue weighted by atomic mass is 32.2. The smallest absolute Gasteiger partial charge is 0.414 e. The molecule has 4 atom stereocenters.